The predicted octanol–water partition coefficient (Wildman–Crippen LogP) is 1.78. The molecular weight excluding hydrogens is 332 g/mol. The van der Waals surface area contributed by atoms with Crippen molar-refractivity contribution < 1.29 is 0 Å². The molecule has 25 heavy (non-hydrogen) atoms. The maximum Gasteiger partial charge on any atom is 0.191 e. The molecule has 1 unspecified atom stereocenters. The van der Waals surface area contributed by atoms with Crippen LogP contribution in [0, 0.1) is 12.8 Å². The number of aliphatic imine (C=N–C) groups is 1. The van der Waals surface area contributed by atoms with Crippen LogP contribution in [0.5, 0.6) is 0 Å². The van der Waals surface area contributed by atoms with E-state index in [9.17, 15) is 0 Å². The number of likely N-dealkylation sites (N-methyl/N-ethyl adjacent to an activating group) is 1. The van der Waals surface area contributed by atoms with Crippen molar-refractivity contribution >= 4 is 17.3 Å². The van der Waals surface area contributed by atoms with E-state index in [2.05, 4.69) is 58.1 Å². The predicted molar refractivity (Wildman–Crippen MR) is 107 cm³/mol. The Hall–Kier alpha value is -1.18. The van der Waals surface area contributed by atoms with Crippen molar-refractivity contribution in [2.45, 2.75) is 34.2 Å². The highest BCUT2D eigenvalue weighted by Crippen LogP contribution is 2.11. The lowest BCUT2D eigenvalue weighted by Gasteiger charge is -2.35. The molecule has 142 valence electrons. The molecule has 2 heterocycles. The zero-order chi connectivity index (χ0) is 18.1. The van der Waals surface area contributed by atoms with E-state index in [0.717, 1.165) is 30.6 Å². The molecule has 7 heteroatoms. The Kier molecular flexibility index (Phi) is 8.64. The molecule has 0 aliphatic carbocycles. The molecule has 0 radical (unpaired) electrons. The van der Waals surface area contributed by atoms with Gasteiger partial charge in [-0.15, -0.1) is 11.3 Å². The normalized spacial score (nSPS) is 18.3. The molecule has 6 nitrogen and oxygen atoms in total. The number of piperazine rings is 1. The Morgan fingerprint density at radius 1 is 1.24 bits per heavy atom. The van der Waals surface area contributed by atoms with Gasteiger partial charge in [-0.25, -0.2) is 9.98 Å². The fourth-order valence-electron chi connectivity index (χ4n) is 3.03. The van der Waals surface area contributed by atoms with E-state index in [4.69, 9.17) is 0 Å². The monoisotopic (exact) mass is 366 g/mol. The number of hydrogen-bond acceptors (Lipinski definition) is 5. The van der Waals surface area contributed by atoms with E-state index >= 15 is 0 Å². The van der Waals surface area contributed by atoms with Gasteiger partial charge in [0, 0.05) is 56.9 Å². The molecular formula is C18H34N6S. The van der Waals surface area contributed by atoms with Gasteiger partial charge in [-0.05, 0) is 26.3 Å². The first-order valence-electron chi connectivity index (χ1n) is 9.48. The number of thiazole rings is 1. The van der Waals surface area contributed by atoms with E-state index in [-0.39, 0.29) is 0 Å². The second kappa shape index (κ2) is 10.7. The number of aryl methyl sites for hydroxylation is 1. The molecule has 1 aliphatic rings. The summed E-state index contributed by atoms with van der Waals surface area (Å²) in [7, 11) is 0. The minimum Gasteiger partial charge on any atom is -0.357 e. The molecule has 1 saturated heterocycles. The maximum absolute atomic E-state index is 4.66. The number of guanidine groups is 1. The van der Waals surface area contributed by atoms with Crippen molar-refractivity contribution in [2.24, 2.45) is 10.9 Å². The zero-order valence-corrected chi connectivity index (χ0v) is 17.0. The lowest BCUT2D eigenvalue weighted by atomic mass is 10.1. The van der Waals surface area contributed by atoms with Gasteiger partial charge >= 0.3 is 0 Å². The molecule has 1 fully saturated rings. The molecule has 1 atom stereocenters. The summed E-state index contributed by atoms with van der Waals surface area (Å²) in [6.45, 7) is 18.3. The van der Waals surface area contributed by atoms with Gasteiger partial charge in [0.15, 0.2) is 5.96 Å². The number of rotatable bonds is 8. The van der Waals surface area contributed by atoms with Crippen LogP contribution < -0.4 is 10.6 Å². The highest BCUT2D eigenvalue weighted by atomic mass is 32.1. The topological polar surface area (TPSA) is 55.8 Å². The number of aromatic nitrogens is 1. The molecule has 1 aliphatic heterocycles. The van der Waals surface area contributed by atoms with Gasteiger partial charge in [0.05, 0.1) is 6.54 Å². The summed E-state index contributed by atoms with van der Waals surface area (Å²) in [4.78, 5) is 15.4. The van der Waals surface area contributed by atoms with E-state index in [1.165, 1.54) is 37.6 Å². The Morgan fingerprint density at radius 2 is 1.96 bits per heavy atom. The SMILES string of the molecule is CCNC(=NCc1ncc(C)s1)NCC(C)CN1CCN(CC)CC1. The molecule has 0 saturated carbocycles. The smallest absolute Gasteiger partial charge is 0.191 e. The van der Waals surface area contributed by atoms with Crippen molar-refractivity contribution in [1.82, 2.24) is 25.4 Å². The van der Waals surface area contributed by atoms with E-state index in [1.807, 2.05) is 6.20 Å². The van der Waals surface area contributed by atoms with Gasteiger partial charge in [0.1, 0.15) is 5.01 Å². The molecule has 0 bridgehead atoms. The van der Waals surface area contributed by atoms with E-state index < -0.39 is 0 Å². The summed E-state index contributed by atoms with van der Waals surface area (Å²) in [5.74, 6) is 1.48. The number of nitrogens with zero attached hydrogens (tertiary/aromatic N) is 4. The van der Waals surface area contributed by atoms with Crippen LogP contribution >= 0.6 is 11.3 Å². The van der Waals surface area contributed by atoms with Crippen molar-refractivity contribution in [3.05, 3.63) is 16.1 Å². The summed E-state index contributed by atoms with van der Waals surface area (Å²) >= 11 is 1.71. The van der Waals surface area contributed by atoms with Gasteiger partial charge in [-0.3, -0.25) is 0 Å². The van der Waals surface area contributed by atoms with Gasteiger partial charge in [0.2, 0.25) is 0 Å². The highest BCUT2D eigenvalue weighted by Gasteiger charge is 2.17. The molecule has 1 aromatic heterocycles. The number of hydrogen-bond donors (Lipinski definition) is 2. The van der Waals surface area contributed by atoms with Crippen LogP contribution in [0.4, 0.5) is 0 Å². The molecule has 0 aromatic carbocycles. The fourth-order valence-corrected chi connectivity index (χ4v) is 3.74. The maximum atomic E-state index is 4.66. The average Bonchev–Trinajstić information content (AvgIpc) is 3.03. The molecule has 2 rings (SSSR count). The van der Waals surface area contributed by atoms with Crippen LogP contribution in [0.15, 0.2) is 11.2 Å². The van der Waals surface area contributed by atoms with Crippen molar-refractivity contribution in [2.75, 3.05) is 52.4 Å². The van der Waals surface area contributed by atoms with Gasteiger partial charge < -0.3 is 20.4 Å². The van der Waals surface area contributed by atoms with Crippen LogP contribution in [0.3, 0.4) is 0 Å². The first kappa shape index (κ1) is 20.1. The van der Waals surface area contributed by atoms with Crippen LogP contribution in [-0.2, 0) is 6.54 Å². The first-order chi connectivity index (χ1) is 12.1. The lowest BCUT2D eigenvalue weighted by Crippen LogP contribution is -2.48. The standard InChI is InChI=1S/C18H34N6S/c1-5-19-18(22-13-17-20-12-16(4)25-17)21-11-15(3)14-24-9-7-23(6-2)8-10-24/h12,15H,5-11,13-14H2,1-4H3,(H2,19,21,22). The quantitative estimate of drug-likeness (QED) is 0.543. The number of nitrogens with one attached hydrogen (secondary N) is 2. The third-order valence-corrected chi connectivity index (χ3v) is 5.38. The van der Waals surface area contributed by atoms with Gasteiger partial charge in [0.25, 0.3) is 0 Å². The van der Waals surface area contributed by atoms with Crippen molar-refractivity contribution in [3.63, 3.8) is 0 Å². The fraction of sp³-hybridized carbons (Fsp3) is 0.778. The van der Waals surface area contributed by atoms with Crippen molar-refractivity contribution in [1.29, 1.82) is 0 Å². The Labute approximate surface area is 156 Å². The molecule has 0 amide bonds. The lowest BCUT2D eigenvalue weighted by molar-refractivity contribution is 0.124. The third kappa shape index (κ3) is 7.30. The minimum atomic E-state index is 0.596. The first-order valence-corrected chi connectivity index (χ1v) is 10.3. The molecule has 0 spiro atoms. The van der Waals surface area contributed by atoms with Crippen LogP contribution in [0.1, 0.15) is 30.7 Å². The second-order valence-corrected chi connectivity index (χ2v) is 8.10. The summed E-state index contributed by atoms with van der Waals surface area (Å²) in [5.41, 5.74) is 0. The van der Waals surface area contributed by atoms with Crippen LogP contribution in [0.25, 0.3) is 0 Å². The zero-order valence-electron chi connectivity index (χ0n) is 16.2. The third-order valence-electron chi connectivity index (χ3n) is 4.49. The second-order valence-electron chi connectivity index (χ2n) is 6.78. The van der Waals surface area contributed by atoms with Crippen LogP contribution in [0.2, 0.25) is 0 Å². The molecule has 1 aromatic rings. The Balaban J connectivity index is 1.73. The highest BCUT2D eigenvalue weighted by molar-refractivity contribution is 7.11. The minimum absolute atomic E-state index is 0.596. The van der Waals surface area contributed by atoms with E-state index in [0.29, 0.717) is 12.5 Å². The largest absolute Gasteiger partial charge is 0.357 e. The van der Waals surface area contributed by atoms with Gasteiger partial charge in [-0.1, -0.05) is 13.8 Å². The van der Waals surface area contributed by atoms with Crippen LogP contribution in [-0.4, -0.2) is 73.1 Å². The summed E-state index contributed by atoms with van der Waals surface area (Å²) in [5, 5.41) is 7.88. The van der Waals surface area contributed by atoms with E-state index in [1.54, 1.807) is 11.3 Å². The van der Waals surface area contributed by atoms with Crippen molar-refractivity contribution in [3.8, 4) is 0 Å². The van der Waals surface area contributed by atoms with Gasteiger partial charge in [-0.2, -0.15) is 0 Å². The average molecular weight is 367 g/mol. The Morgan fingerprint density at radius 3 is 2.56 bits per heavy atom. The summed E-state index contributed by atoms with van der Waals surface area (Å²) in [6.07, 6.45) is 1.91. The summed E-state index contributed by atoms with van der Waals surface area (Å²) in [6, 6.07) is 0. The summed E-state index contributed by atoms with van der Waals surface area (Å²) < 4.78 is 0. The molecule has 2 N–H and O–H groups in total. The Bertz CT molecular complexity index is 521.